The van der Waals surface area contributed by atoms with Crippen molar-refractivity contribution in [2.75, 3.05) is 7.11 Å². The average Bonchev–Trinajstić information content (AvgIpc) is 2.04. The number of H-pyrrole nitrogens is 1. The van der Waals surface area contributed by atoms with E-state index in [-0.39, 0.29) is 0 Å². The highest BCUT2D eigenvalue weighted by Gasteiger charge is 2.03. The van der Waals surface area contributed by atoms with Crippen molar-refractivity contribution in [2.24, 2.45) is 0 Å². The summed E-state index contributed by atoms with van der Waals surface area (Å²) in [5.41, 5.74) is 0.950. The van der Waals surface area contributed by atoms with Crippen molar-refractivity contribution < 1.29 is 4.74 Å². The number of aryl methyl sites for hydroxylation is 2. The normalized spacial score (nSPS) is 10.1. The molecule has 3 nitrogen and oxygen atoms in total. The van der Waals surface area contributed by atoms with Gasteiger partial charge in [-0.15, -0.1) is 0 Å². The van der Waals surface area contributed by atoms with Crippen molar-refractivity contribution in [2.45, 2.75) is 26.7 Å². The summed E-state index contributed by atoms with van der Waals surface area (Å²) < 4.78 is 5.65. The maximum Gasteiger partial charge on any atom is 0.174 e. The van der Waals surface area contributed by atoms with E-state index in [1.54, 1.807) is 7.11 Å². The van der Waals surface area contributed by atoms with Crippen molar-refractivity contribution in [1.29, 1.82) is 0 Å². The quantitative estimate of drug-likeness (QED) is 0.758. The van der Waals surface area contributed by atoms with Crippen LogP contribution in [0.1, 0.15) is 24.9 Å². The van der Waals surface area contributed by atoms with E-state index in [0.29, 0.717) is 10.4 Å². The molecule has 0 aliphatic heterocycles. The van der Waals surface area contributed by atoms with E-state index in [9.17, 15) is 0 Å². The highest BCUT2D eigenvalue weighted by atomic mass is 32.1. The Morgan fingerprint density at radius 1 is 1.54 bits per heavy atom. The third-order valence-electron chi connectivity index (χ3n) is 1.79. The monoisotopic (exact) mass is 198 g/mol. The lowest BCUT2D eigenvalue weighted by Gasteiger charge is -2.06. The molecule has 0 radical (unpaired) electrons. The Morgan fingerprint density at radius 2 is 2.23 bits per heavy atom. The molecule has 0 atom stereocenters. The molecular formula is C9H14N2OS. The van der Waals surface area contributed by atoms with Gasteiger partial charge in [0.05, 0.1) is 12.8 Å². The second-order valence-corrected chi connectivity index (χ2v) is 3.28. The van der Waals surface area contributed by atoms with Crippen LogP contribution in [0.25, 0.3) is 0 Å². The first-order valence-corrected chi connectivity index (χ1v) is 4.73. The molecule has 72 valence electrons. The molecule has 0 aromatic carbocycles. The molecule has 1 aromatic heterocycles. The summed E-state index contributed by atoms with van der Waals surface area (Å²) in [7, 11) is 1.60. The predicted molar refractivity (Wildman–Crippen MR) is 54.7 cm³/mol. The highest BCUT2D eigenvalue weighted by Crippen LogP contribution is 2.15. The summed E-state index contributed by atoms with van der Waals surface area (Å²) >= 11 is 5.08. The third-order valence-corrected chi connectivity index (χ3v) is 2.07. The molecule has 1 N–H and O–H groups in total. The minimum absolute atomic E-state index is 0.544. The largest absolute Gasteiger partial charge is 0.492 e. The smallest absolute Gasteiger partial charge is 0.174 e. The van der Waals surface area contributed by atoms with Crippen molar-refractivity contribution in [3.05, 3.63) is 16.2 Å². The number of nitrogens with zero attached hydrogens (tertiary/aromatic N) is 1. The van der Waals surface area contributed by atoms with E-state index in [2.05, 4.69) is 16.9 Å². The molecule has 0 fully saturated rings. The first-order chi connectivity index (χ1) is 6.19. The van der Waals surface area contributed by atoms with Crippen LogP contribution >= 0.6 is 12.2 Å². The van der Waals surface area contributed by atoms with Gasteiger partial charge in [-0.1, -0.05) is 19.1 Å². The van der Waals surface area contributed by atoms with E-state index in [1.807, 2.05) is 6.92 Å². The molecule has 0 saturated carbocycles. The van der Waals surface area contributed by atoms with Crippen molar-refractivity contribution in [3.8, 4) is 5.75 Å². The lowest BCUT2D eigenvalue weighted by atomic mass is 10.3. The van der Waals surface area contributed by atoms with Crippen LogP contribution in [-0.2, 0) is 6.42 Å². The summed E-state index contributed by atoms with van der Waals surface area (Å²) in [4.78, 5) is 7.39. The van der Waals surface area contributed by atoms with E-state index >= 15 is 0 Å². The van der Waals surface area contributed by atoms with Crippen LogP contribution in [0.5, 0.6) is 5.75 Å². The Bertz CT molecular complexity index is 346. The molecule has 0 aliphatic carbocycles. The molecule has 4 heteroatoms. The van der Waals surface area contributed by atoms with Crippen LogP contribution in [0, 0.1) is 11.6 Å². The minimum Gasteiger partial charge on any atom is -0.492 e. The lowest BCUT2D eigenvalue weighted by Crippen LogP contribution is -2.00. The summed E-state index contributed by atoms with van der Waals surface area (Å²) in [5, 5.41) is 0. The van der Waals surface area contributed by atoms with E-state index in [4.69, 9.17) is 17.0 Å². The predicted octanol–water partition coefficient (Wildman–Crippen LogP) is 2.41. The van der Waals surface area contributed by atoms with E-state index < -0.39 is 0 Å². The molecule has 13 heavy (non-hydrogen) atoms. The number of ether oxygens (including phenoxy) is 1. The van der Waals surface area contributed by atoms with Gasteiger partial charge in [-0.05, 0) is 13.3 Å². The number of aromatic amines is 1. The summed E-state index contributed by atoms with van der Waals surface area (Å²) in [5.74, 6) is 1.61. The number of methoxy groups -OCH3 is 1. The molecule has 1 heterocycles. The van der Waals surface area contributed by atoms with E-state index in [0.717, 1.165) is 24.4 Å². The summed E-state index contributed by atoms with van der Waals surface area (Å²) in [6, 6.07) is 0. The zero-order valence-electron chi connectivity index (χ0n) is 8.18. The van der Waals surface area contributed by atoms with Gasteiger partial charge in [0.25, 0.3) is 0 Å². The van der Waals surface area contributed by atoms with Gasteiger partial charge < -0.3 is 9.72 Å². The highest BCUT2D eigenvalue weighted by molar-refractivity contribution is 7.71. The molecule has 0 saturated heterocycles. The summed E-state index contributed by atoms with van der Waals surface area (Å²) in [6.45, 7) is 4.05. The molecule has 0 amide bonds. The van der Waals surface area contributed by atoms with Crippen LogP contribution in [-0.4, -0.2) is 17.1 Å². The number of nitrogens with one attached hydrogen (secondary N) is 1. The molecule has 1 rings (SSSR count). The fourth-order valence-electron chi connectivity index (χ4n) is 1.23. The zero-order valence-corrected chi connectivity index (χ0v) is 8.99. The Morgan fingerprint density at radius 3 is 2.69 bits per heavy atom. The average molecular weight is 198 g/mol. The van der Waals surface area contributed by atoms with Crippen LogP contribution in [0.4, 0.5) is 0 Å². The van der Waals surface area contributed by atoms with E-state index in [1.165, 1.54) is 0 Å². The second kappa shape index (κ2) is 4.37. The Hall–Kier alpha value is -0.900. The Kier molecular flexibility index (Phi) is 3.42. The molecule has 0 unspecified atom stereocenters. The lowest BCUT2D eigenvalue weighted by molar-refractivity contribution is 0.404. The van der Waals surface area contributed by atoms with Gasteiger partial charge in [-0.3, -0.25) is 0 Å². The first-order valence-electron chi connectivity index (χ1n) is 4.32. The van der Waals surface area contributed by atoms with Gasteiger partial charge in [0.2, 0.25) is 0 Å². The Labute approximate surface area is 83.2 Å². The maximum atomic E-state index is 5.11. The van der Waals surface area contributed by atoms with Crippen LogP contribution in [0.2, 0.25) is 0 Å². The van der Waals surface area contributed by atoms with Crippen molar-refractivity contribution >= 4 is 12.2 Å². The van der Waals surface area contributed by atoms with Gasteiger partial charge in [0.1, 0.15) is 5.82 Å². The first kappa shape index (κ1) is 10.2. The molecule has 1 aromatic rings. The van der Waals surface area contributed by atoms with Gasteiger partial charge >= 0.3 is 0 Å². The minimum atomic E-state index is 0.544. The van der Waals surface area contributed by atoms with Crippen molar-refractivity contribution in [1.82, 2.24) is 9.97 Å². The number of aromatic nitrogens is 2. The number of rotatable bonds is 3. The molecule has 0 spiro atoms. The second-order valence-electron chi connectivity index (χ2n) is 2.90. The van der Waals surface area contributed by atoms with Crippen LogP contribution < -0.4 is 4.74 Å². The van der Waals surface area contributed by atoms with Crippen LogP contribution in [0.15, 0.2) is 0 Å². The van der Waals surface area contributed by atoms with Gasteiger partial charge in [-0.25, -0.2) is 4.98 Å². The van der Waals surface area contributed by atoms with Gasteiger partial charge in [0, 0.05) is 6.42 Å². The molecule has 0 bridgehead atoms. The van der Waals surface area contributed by atoms with Crippen LogP contribution in [0.3, 0.4) is 0 Å². The fourth-order valence-corrected chi connectivity index (χ4v) is 1.58. The topological polar surface area (TPSA) is 37.9 Å². The van der Waals surface area contributed by atoms with Gasteiger partial charge in [-0.2, -0.15) is 0 Å². The SMILES string of the molecule is CCCc1nc(=S)c(OC)c(C)[nH]1. The van der Waals surface area contributed by atoms with Crippen molar-refractivity contribution in [3.63, 3.8) is 0 Å². The number of hydrogen-bond donors (Lipinski definition) is 1. The molecule has 0 aliphatic rings. The van der Waals surface area contributed by atoms with Gasteiger partial charge in [0.15, 0.2) is 10.4 Å². The third kappa shape index (κ3) is 2.28. The molecular weight excluding hydrogens is 184 g/mol. The zero-order chi connectivity index (χ0) is 9.84. The maximum absolute atomic E-state index is 5.11. The number of hydrogen-bond acceptors (Lipinski definition) is 3. The Balaban J connectivity index is 3.13. The standard InChI is InChI=1S/C9H14N2OS/c1-4-5-7-10-6(2)8(12-3)9(13)11-7/h4-5H2,1-3H3,(H,10,11,13). The summed E-state index contributed by atoms with van der Waals surface area (Å²) in [6.07, 6.45) is 1.98. The fraction of sp³-hybridized carbons (Fsp3) is 0.556.